The van der Waals surface area contributed by atoms with Crippen LogP contribution in [0.2, 0.25) is 5.02 Å². The molecule has 0 radical (unpaired) electrons. The molecular weight excluding hydrogens is 422 g/mol. The van der Waals surface area contributed by atoms with Crippen molar-refractivity contribution < 1.29 is 9.53 Å². The number of unbranched alkanes of at least 4 members (excludes halogenated alkanes) is 1. The predicted octanol–water partition coefficient (Wildman–Crippen LogP) is 5.82. The van der Waals surface area contributed by atoms with Gasteiger partial charge in [0.25, 0.3) is 0 Å². The number of hydrogen-bond acceptors (Lipinski definition) is 4. The Hall–Kier alpha value is -2.37. The van der Waals surface area contributed by atoms with Gasteiger partial charge in [-0.05, 0) is 79.9 Å². The fourth-order valence-corrected chi connectivity index (χ4v) is 4.37. The largest absolute Gasteiger partial charge is 0.492 e. The van der Waals surface area contributed by atoms with Crippen LogP contribution in [0.25, 0.3) is 0 Å². The number of halogens is 1. The quantitative estimate of drug-likeness (QED) is 0.539. The minimum absolute atomic E-state index is 0.0968. The summed E-state index contributed by atoms with van der Waals surface area (Å²) in [5, 5.41) is 11.1. The number of carbonyl (C=O) groups is 1. The lowest BCUT2D eigenvalue weighted by atomic mass is 9.73. The molecule has 32 heavy (non-hydrogen) atoms. The van der Waals surface area contributed by atoms with Crippen LogP contribution in [-0.4, -0.2) is 43.3 Å². The van der Waals surface area contributed by atoms with Gasteiger partial charge >= 0.3 is 0 Å². The zero-order valence-corrected chi connectivity index (χ0v) is 20.1. The Morgan fingerprint density at radius 1 is 1.16 bits per heavy atom. The van der Waals surface area contributed by atoms with Crippen LogP contribution < -0.4 is 10.1 Å². The number of fused-ring (bicyclic) bond motifs is 2. The van der Waals surface area contributed by atoms with Crippen molar-refractivity contribution in [1.82, 2.24) is 4.90 Å². The molecule has 1 amide bonds. The third-order valence-electron chi connectivity index (χ3n) is 6.47. The van der Waals surface area contributed by atoms with E-state index in [0.29, 0.717) is 11.6 Å². The smallest absolute Gasteiger partial charge is 0.235 e. The summed E-state index contributed by atoms with van der Waals surface area (Å²) in [5.74, 6) is 0.885. The second-order valence-electron chi connectivity index (χ2n) is 8.58. The van der Waals surface area contributed by atoms with Crippen molar-refractivity contribution in [3.63, 3.8) is 0 Å². The topological polar surface area (TPSA) is 65.4 Å². The van der Waals surface area contributed by atoms with Crippen molar-refractivity contribution in [2.75, 3.05) is 31.6 Å². The van der Waals surface area contributed by atoms with Crippen molar-refractivity contribution in [3.05, 3.63) is 58.1 Å². The summed E-state index contributed by atoms with van der Waals surface area (Å²) >= 11 is 6.18. The van der Waals surface area contributed by atoms with Gasteiger partial charge in [-0.2, -0.15) is 0 Å². The number of carbonyl (C=O) groups excluding carboxylic acids is 1. The van der Waals surface area contributed by atoms with E-state index in [4.69, 9.17) is 21.7 Å². The number of amides is 1. The van der Waals surface area contributed by atoms with Gasteiger partial charge in [-0.15, -0.1) is 0 Å². The monoisotopic (exact) mass is 455 g/mol. The van der Waals surface area contributed by atoms with E-state index in [1.54, 1.807) is 0 Å². The molecule has 0 unspecified atom stereocenters. The van der Waals surface area contributed by atoms with Gasteiger partial charge in [-0.25, -0.2) is 0 Å². The first kappa shape index (κ1) is 24.3. The zero-order valence-electron chi connectivity index (χ0n) is 19.3. The standard InChI is InChI=1S/C22H24ClN3O2.C4H10/c1-15-2-4-18(12-16(15)14-24)28-11-10-26-8-6-22(7-9-26)19-13-17(23)3-5-20(19)25-21(22)27;1-3-4-2/h2-5,12-14,24H,6-11H2,1H3,(H,25,27);3-4H2,1-2H3. The van der Waals surface area contributed by atoms with Crippen molar-refractivity contribution in [3.8, 4) is 5.75 Å². The number of anilines is 1. The van der Waals surface area contributed by atoms with E-state index < -0.39 is 5.41 Å². The molecule has 0 saturated carbocycles. The number of likely N-dealkylation sites (tertiary alicyclic amines) is 1. The van der Waals surface area contributed by atoms with Crippen LogP contribution in [0.15, 0.2) is 36.4 Å². The molecule has 1 spiro atoms. The molecule has 0 aliphatic carbocycles. The summed E-state index contributed by atoms with van der Waals surface area (Å²) in [6.07, 6.45) is 5.56. The highest BCUT2D eigenvalue weighted by molar-refractivity contribution is 6.31. The molecule has 0 aromatic heterocycles. The second kappa shape index (κ2) is 11.0. The van der Waals surface area contributed by atoms with Crippen molar-refractivity contribution in [2.45, 2.75) is 51.9 Å². The first-order chi connectivity index (χ1) is 15.4. The van der Waals surface area contributed by atoms with Gasteiger partial charge in [0, 0.05) is 23.5 Å². The Morgan fingerprint density at radius 3 is 2.53 bits per heavy atom. The Morgan fingerprint density at radius 2 is 1.88 bits per heavy atom. The lowest BCUT2D eigenvalue weighted by molar-refractivity contribution is -0.122. The van der Waals surface area contributed by atoms with E-state index in [2.05, 4.69) is 24.1 Å². The average molecular weight is 456 g/mol. The Bertz CT molecular complexity index is 950. The first-order valence-corrected chi connectivity index (χ1v) is 11.9. The lowest BCUT2D eigenvalue weighted by Crippen LogP contribution is -2.47. The summed E-state index contributed by atoms with van der Waals surface area (Å²) in [7, 11) is 0. The van der Waals surface area contributed by atoms with Gasteiger partial charge < -0.3 is 15.5 Å². The normalized spacial score (nSPS) is 16.7. The SMILES string of the molecule is CCCC.Cc1ccc(OCCN2CCC3(CC2)C(=O)Nc2ccc(Cl)cc23)cc1C=N. The molecule has 5 nitrogen and oxygen atoms in total. The maximum absolute atomic E-state index is 12.7. The molecular formula is C26H34ClN3O2. The summed E-state index contributed by atoms with van der Waals surface area (Å²) in [4.78, 5) is 15.0. The van der Waals surface area contributed by atoms with Gasteiger partial charge in [0.2, 0.25) is 5.91 Å². The Labute approximate surface area is 196 Å². The molecule has 2 aliphatic rings. The highest BCUT2D eigenvalue weighted by Gasteiger charge is 2.48. The van der Waals surface area contributed by atoms with Crippen molar-refractivity contribution in [2.24, 2.45) is 0 Å². The third kappa shape index (κ3) is 5.33. The molecule has 0 bridgehead atoms. The van der Waals surface area contributed by atoms with Gasteiger partial charge in [0.1, 0.15) is 12.4 Å². The lowest BCUT2D eigenvalue weighted by Gasteiger charge is -2.38. The third-order valence-corrected chi connectivity index (χ3v) is 6.71. The Kier molecular flexibility index (Phi) is 8.32. The highest BCUT2D eigenvalue weighted by Crippen LogP contribution is 2.45. The van der Waals surface area contributed by atoms with Gasteiger partial charge in [-0.3, -0.25) is 9.69 Å². The number of rotatable bonds is 6. The minimum Gasteiger partial charge on any atom is -0.492 e. The van der Waals surface area contributed by atoms with Gasteiger partial charge in [-0.1, -0.05) is 44.4 Å². The van der Waals surface area contributed by atoms with Crippen LogP contribution in [0.4, 0.5) is 5.69 Å². The number of ether oxygens (including phenoxy) is 1. The maximum Gasteiger partial charge on any atom is 0.235 e. The van der Waals surface area contributed by atoms with E-state index in [1.165, 1.54) is 19.1 Å². The van der Waals surface area contributed by atoms with Crippen LogP contribution >= 0.6 is 11.6 Å². The fourth-order valence-electron chi connectivity index (χ4n) is 4.20. The summed E-state index contributed by atoms with van der Waals surface area (Å²) < 4.78 is 5.87. The second-order valence-corrected chi connectivity index (χ2v) is 9.02. The molecule has 2 aliphatic heterocycles. The van der Waals surface area contributed by atoms with Crippen LogP contribution in [0, 0.1) is 12.3 Å². The number of benzene rings is 2. The van der Waals surface area contributed by atoms with Gasteiger partial charge in [0.15, 0.2) is 0 Å². The predicted molar refractivity (Wildman–Crippen MR) is 133 cm³/mol. The molecule has 6 heteroatoms. The molecule has 1 saturated heterocycles. The number of hydrogen-bond donors (Lipinski definition) is 2. The van der Waals surface area contributed by atoms with Crippen molar-refractivity contribution >= 4 is 29.4 Å². The first-order valence-electron chi connectivity index (χ1n) is 11.5. The summed E-state index contributed by atoms with van der Waals surface area (Å²) in [6.45, 7) is 9.44. The molecule has 2 aromatic carbocycles. The number of nitrogens with one attached hydrogen (secondary N) is 2. The van der Waals surface area contributed by atoms with E-state index >= 15 is 0 Å². The van der Waals surface area contributed by atoms with E-state index in [9.17, 15) is 4.79 Å². The molecule has 2 aromatic rings. The van der Waals surface area contributed by atoms with Gasteiger partial charge in [0.05, 0.1) is 5.41 Å². The fraction of sp³-hybridized carbons (Fsp3) is 0.462. The Balaban J connectivity index is 0.000000668. The number of piperidine rings is 1. The average Bonchev–Trinajstić information content (AvgIpc) is 3.07. The van der Waals surface area contributed by atoms with E-state index in [-0.39, 0.29) is 5.91 Å². The zero-order chi connectivity index (χ0) is 23.1. The summed E-state index contributed by atoms with van der Waals surface area (Å²) in [6, 6.07) is 11.5. The number of aryl methyl sites for hydroxylation is 1. The van der Waals surface area contributed by atoms with Crippen molar-refractivity contribution in [1.29, 1.82) is 5.41 Å². The minimum atomic E-state index is -0.451. The van der Waals surface area contributed by atoms with Crippen LogP contribution in [0.5, 0.6) is 5.75 Å². The van der Waals surface area contributed by atoms with E-state index in [0.717, 1.165) is 60.6 Å². The van der Waals surface area contributed by atoms with Crippen LogP contribution in [0.3, 0.4) is 0 Å². The molecule has 172 valence electrons. The molecule has 0 atom stereocenters. The van der Waals surface area contributed by atoms with E-state index in [1.807, 2.05) is 43.3 Å². The molecule has 4 rings (SSSR count). The number of nitrogens with zero attached hydrogens (tertiary/aromatic N) is 1. The summed E-state index contributed by atoms with van der Waals surface area (Å²) in [5.41, 5.74) is 3.43. The van der Waals surface area contributed by atoms with Crippen LogP contribution in [-0.2, 0) is 10.2 Å². The molecule has 2 N–H and O–H groups in total. The maximum atomic E-state index is 12.7. The molecule has 2 heterocycles. The molecule has 1 fully saturated rings. The van der Waals surface area contributed by atoms with Crippen LogP contribution in [0.1, 0.15) is 56.2 Å². The highest BCUT2D eigenvalue weighted by atomic mass is 35.5.